The Hall–Kier alpha value is -1.59. The number of hydrogen-bond donors (Lipinski definition) is 0. The van der Waals surface area contributed by atoms with Crippen molar-refractivity contribution >= 4 is 23.5 Å². The monoisotopic (exact) mass is 365 g/mol. The van der Waals surface area contributed by atoms with Crippen molar-refractivity contribution in [3.8, 4) is 0 Å². The standard InChI is InChI=1S/C19H24ClNO4/c20-16-8-6-14(7-9-16)18(22)21-10-3-4-15(12-21)19(23)25-13-17-5-1-2-11-24-17/h6-9,15,17H,1-5,10-13H2. The molecule has 1 amide bonds. The number of likely N-dealkylation sites (tertiary alicyclic amines) is 1. The molecule has 2 fully saturated rings. The molecule has 0 saturated carbocycles. The fourth-order valence-electron chi connectivity index (χ4n) is 3.36. The van der Waals surface area contributed by atoms with Gasteiger partial charge in [0.1, 0.15) is 6.61 Å². The number of amides is 1. The van der Waals surface area contributed by atoms with E-state index in [4.69, 9.17) is 21.1 Å². The molecule has 136 valence electrons. The Kier molecular flexibility index (Phi) is 6.32. The summed E-state index contributed by atoms with van der Waals surface area (Å²) in [7, 11) is 0. The van der Waals surface area contributed by atoms with Crippen LogP contribution in [0.5, 0.6) is 0 Å². The average molecular weight is 366 g/mol. The molecule has 2 saturated heterocycles. The molecule has 25 heavy (non-hydrogen) atoms. The highest BCUT2D eigenvalue weighted by molar-refractivity contribution is 6.30. The first-order valence-corrected chi connectivity index (χ1v) is 9.34. The van der Waals surface area contributed by atoms with E-state index in [1.807, 2.05) is 0 Å². The summed E-state index contributed by atoms with van der Waals surface area (Å²) in [6, 6.07) is 6.84. The van der Waals surface area contributed by atoms with Gasteiger partial charge in [-0.25, -0.2) is 0 Å². The number of ether oxygens (including phenoxy) is 2. The molecule has 5 nitrogen and oxygen atoms in total. The lowest BCUT2D eigenvalue weighted by molar-refractivity contribution is -0.155. The molecule has 0 aromatic heterocycles. The zero-order valence-electron chi connectivity index (χ0n) is 14.3. The maximum atomic E-state index is 12.6. The van der Waals surface area contributed by atoms with Crippen molar-refractivity contribution in [2.45, 2.75) is 38.2 Å². The molecule has 2 aliphatic heterocycles. The van der Waals surface area contributed by atoms with Crippen molar-refractivity contribution in [2.75, 3.05) is 26.3 Å². The van der Waals surface area contributed by atoms with Gasteiger partial charge < -0.3 is 14.4 Å². The third-order valence-corrected chi connectivity index (χ3v) is 5.07. The minimum absolute atomic E-state index is 0.0214. The van der Waals surface area contributed by atoms with Gasteiger partial charge in [-0.05, 0) is 56.4 Å². The van der Waals surface area contributed by atoms with Gasteiger partial charge in [-0.2, -0.15) is 0 Å². The Morgan fingerprint density at radius 2 is 1.96 bits per heavy atom. The molecule has 0 bridgehead atoms. The summed E-state index contributed by atoms with van der Waals surface area (Å²) in [5.41, 5.74) is 0.592. The molecule has 3 rings (SSSR count). The van der Waals surface area contributed by atoms with Crippen molar-refractivity contribution in [1.82, 2.24) is 4.90 Å². The molecule has 0 N–H and O–H groups in total. The Bertz CT molecular complexity index is 598. The second-order valence-electron chi connectivity index (χ2n) is 6.72. The third-order valence-electron chi connectivity index (χ3n) is 4.82. The minimum atomic E-state index is -0.256. The maximum absolute atomic E-state index is 12.6. The number of rotatable bonds is 4. The van der Waals surface area contributed by atoms with E-state index < -0.39 is 0 Å². The van der Waals surface area contributed by atoms with Gasteiger partial charge in [0.25, 0.3) is 5.91 Å². The number of piperidine rings is 1. The summed E-state index contributed by atoms with van der Waals surface area (Å²) in [6.07, 6.45) is 4.73. The first-order valence-electron chi connectivity index (χ1n) is 8.96. The Morgan fingerprint density at radius 3 is 2.68 bits per heavy atom. The number of carbonyl (C=O) groups is 2. The average Bonchev–Trinajstić information content (AvgIpc) is 2.67. The predicted octanol–water partition coefficient (Wildman–Crippen LogP) is 3.30. The molecular formula is C19H24ClNO4. The van der Waals surface area contributed by atoms with Crippen LogP contribution in [0, 0.1) is 5.92 Å². The van der Waals surface area contributed by atoms with Gasteiger partial charge in [-0.3, -0.25) is 9.59 Å². The number of esters is 1. The van der Waals surface area contributed by atoms with Crippen LogP contribution in [-0.4, -0.2) is 49.2 Å². The van der Waals surface area contributed by atoms with Crippen molar-refractivity contribution in [2.24, 2.45) is 5.92 Å². The van der Waals surface area contributed by atoms with Gasteiger partial charge in [0, 0.05) is 30.3 Å². The van der Waals surface area contributed by atoms with E-state index in [0.717, 1.165) is 38.7 Å². The van der Waals surface area contributed by atoms with E-state index in [1.54, 1.807) is 29.2 Å². The van der Waals surface area contributed by atoms with Crippen LogP contribution in [0.2, 0.25) is 5.02 Å². The highest BCUT2D eigenvalue weighted by atomic mass is 35.5. The van der Waals surface area contributed by atoms with Crippen LogP contribution in [-0.2, 0) is 14.3 Å². The van der Waals surface area contributed by atoms with Gasteiger partial charge in [-0.15, -0.1) is 0 Å². The number of nitrogens with zero attached hydrogens (tertiary/aromatic N) is 1. The lowest BCUT2D eigenvalue weighted by Crippen LogP contribution is -2.43. The van der Waals surface area contributed by atoms with Gasteiger partial charge in [0.2, 0.25) is 0 Å². The fourth-order valence-corrected chi connectivity index (χ4v) is 3.49. The molecule has 2 unspecified atom stereocenters. The summed E-state index contributed by atoms with van der Waals surface area (Å²) >= 11 is 5.87. The Morgan fingerprint density at radius 1 is 1.16 bits per heavy atom. The molecule has 0 radical (unpaired) electrons. The van der Waals surface area contributed by atoms with Crippen molar-refractivity contribution in [1.29, 1.82) is 0 Å². The zero-order valence-corrected chi connectivity index (χ0v) is 15.0. The van der Waals surface area contributed by atoms with E-state index in [1.165, 1.54) is 0 Å². The molecule has 2 aliphatic rings. The van der Waals surface area contributed by atoms with Crippen LogP contribution < -0.4 is 0 Å². The predicted molar refractivity (Wildman–Crippen MR) is 94.6 cm³/mol. The summed E-state index contributed by atoms with van der Waals surface area (Å²) in [5, 5.41) is 0.599. The number of hydrogen-bond acceptors (Lipinski definition) is 4. The van der Waals surface area contributed by atoms with Crippen LogP contribution in [0.25, 0.3) is 0 Å². The van der Waals surface area contributed by atoms with Crippen LogP contribution in [0.1, 0.15) is 42.5 Å². The SMILES string of the molecule is O=C(OCC1CCCCO1)C1CCCN(C(=O)c2ccc(Cl)cc2)C1. The largest absolute Gasteiger partial charge is 0.463 e. The molecule has 1 aromatic rings. The summed E-state index contributed by atoms with van der Waals surface area (Å²) < 4.78 is 11.0. The first kappa shape index (κ1) is 18.2. The molecule has 6 heteroatoms. The maximum Gasteiger partial charge on any atom is 0.310 e. The fraction of sp³-hybridized carbons (Fsp3) is 0.579. The van der Waals surface area contributed by atoms with Gasteiger partial charge >= 0.3 is 5.97 Å². The number of carbonyl (C=O) groups excluding carboxylic acids is 2. The van der Waals surface area contributed by atoms with E-state index in [-0.39, 0.29) is 23.9 Å². The third kappa shape index (κ3) is 4.95. The normalized spacial score (nSPS) is 24.0. The molecule has 0 spiro atoms. The Balaban J connectivity index is 1.52. The van der Waals surface area contributed by atoms with E-state index in [9.17, 15) is 9.59 Å². The lowest BCUT2D eigenvalue weighted by Gasteiger charge is -2.32. The minimum Gasteiger partial charge on any atom is -0.463 e. The van der Waals surface area contributed by atoms with E-state index in [2.05, 4.69) is 0 Å². The van der Waals surface area contributed by atoms with Crippen LogP contribution in [0.3, 0.4) is 0 Å². The first-order chi connectivity index (χ1) is 12.1. The molecule has 0 aliphatic carbocycles. The lowest BCUT2D eigenvalue weighted by atomic mass is 9.97. The van der Waals surface area contributed by atoms with Crippen LogP contribution in [0.4, 0.5) is 0 Å². The smallest absolute Gasteiger partial charge is 0.310 e. The van der Waals surface area contributed by atoms with Crippen LogP contribution >= 0.6 is 11.6 Å². The number of benzene rings is 1. The highest BCUT2D eigenvalue weighted by Crippen LogP contribution is 2.21. The van der Waals surface area contributed by atoms with Gasteiger partial charge in [0.05, 0.1) is 12.0 Å². The van der Waals surface area contributed by atoms with E-state index >= 15 is 0 Å². The second-order valence-corrected chi connectivity index (χ2v) is 7.15. The van der Waals surface area contributed by atoms with Crippen LogP contribution in [0.15, 0.2) is 24.3 Å². The summed E-state index contributed by atoms with van der Waals surface area (Å²) in [6.45, 7) is 2.14. The zero-order chi connectivity index (χ0) is 17.6. The topological polar surface area (TPSA) is 55.8 Å². The quantitative estimate of drug-likeness (QED) is 0.768. The van der Waals surface area contributed by atoms with Gasteiger partial charge in [0.15, 0.2) is 0 Å². The van der Waals surface area contributed by atoms with Crippen molar-refractivity contribution in [3.63, 3.8) is 0 Å². The van der Waals surface area contributed by atoms with Crippen molar-refractivity contribution in [3.05, 3.63) is 34.9 Å². The number of halogens is 1. The molecule has 2 atom stereocenters. The Labute approximate surface area is 153 Å². The molecule has 2 heterocycles. The summed E-state index contributed by atoms with van der Waals surface area (Å²) in [4.78, 5) is 26.7. The highest BCUT2D eigenvalue weighted by Gasteiger charge is 2.30. The summed E-state index contributed by atoms with van der Waals surface area (Å²) in [5.74, 6) is -0.541. The molecular weight excluding hydrogens is 342 g/mol. The second kappa shape index (κ2) is 8.68. The van der Waals surface area contributed by atoms with Gasteiger partial charge in [-0.1, -0.05) is 11.6 Å². The van der Waals surface area contributed by atoms with E-state index in [0.29, 0.717) is 30.3 Å². The van der Waals surface area contributed by atoms with Crippen molar-refractivity contribution < 1.29 is 19.1 Å². The molecule has 1 aromatic carbocycles.